The largest absolute Gasteiger partial charge is 0.496 e. The fourth-order valence-electron chi connectivity index (χ4n) is 3.68. The SMILES string of the molecule is COc1cc(OC)c(C(c2ccc(F)cc2F)N2CCCNCC2)cc1OC. The summed E-state index contributed by atoms with van der Waals surface area (Å²) < 4.78 is 44.8. The van der Waals surface area contributed by atoms with Crippen LogP contribution in [0.25, 0.3) is 0 Å². The molecule has 0 aliphatic carbocycles. The summed E-state index contributed by atoms with van der Waals surface area (Å²) in [6, 6.07) is 6.81. The van der Waals surface area contributed by atoms with Crippen molar-refractivity contribution in [1.82, 2.24) is 10.2 Å². The Hall–Kier alpha value is -2.38. The molecule has 3 rings (SSSR count). The van der Waals surface area contributed by atoms with E-state index in [1.54, 1.807) is 27.4 Å². The third-order valence-corrected chi connectivity index (χ3v) is 5.03. The summed E-state index contributed by atoms with van der Waals surface area (Å²) >= 11 is 0. The van der Waals surface area contributed by atoms with Gasteiger partial charge in [-0.05, 0) is 25.1 Å². The maximum Gasteiger partial charge on any atom is 0.164 e. The van der Waals surface area contributed by atoms with Crippen molar-refractivity contribution in [2.75, 3.05) is 47.5 Å². The minimum atomic E-state index is -0.600. The summed E-state index contributed by atoms with van der Waals surface area (Å²) in [7, 11) is 4.67. The van der Waals surface area contributed by atoms with Gasteiger partial charge in [0.1, 0.15) is 17.4 Å². The number of ether oxygens (including phenoxy) is 3. The highest BCUT2D eigenvalue weighted by atomic mass is 19.1. The van der Waals surface area contributed by atoms with Gasteiger partial charge in [0.25, 0.3) is 0 Å². The van der Waals surface area contributed by atoms with Crippen molar-refractivity contribution in [1.29, 1.82) is 0 Å². The van der Waals surface area contributed by atoms with Crippen LogP contribution in [-0.4, -0.2) is 52.4 Å². The van der Waals surface area contributed by atoms with Gasteiger partial charge in [0.05, 0.1) is 27.4 Å². The van der Waals surface area contributed by atoms with Crippen LogP contribution in [0, 0.1) is 11.6 Å². The van der Waals surface area contributed by atoms with Gasteiger partial charge in [-0.3, -0.25) is 4.90 Å². The average Bonchev–Trinajstić information content (AvgIpc) is 2.98. The molecule has 1 N–H and O–H groups in total. The van der Waals surface area contributed by atoms with E-state index >= 15 is 0 Å². The number of nitrogens with one attached hydrogen (secondary N) is 1. The molecule has 1 atom stereocenters. The number of halogens is 2. The van der Waals surface area contributed by atoms with Crippen molar-refractivity contribution in [3.05, 3.63) is 53.1 Å². The Morgan fingerprint density at radius 2 is 1.57 bits per heavy atom. The quantitative estimate of drug-likeness (QED) is 0.817. The lowest BCUT2D eigenvalue weighted by atomic mass is 9.94. The second kappa shape index (κ2) is 9.21. The van der Waals surface area contributed by atoms with E-state index in [2.05, 4.69) is 10.2 Å². The second-order valence-corrected chi connectivity index (χ2v) is 6.66. The summed E-state index contributed by atoms with van der Waals surface area (Å²) in [5, 5.41) is 3.36. The van der Waals surface area contributed by atoms with Crippen LogP contribution >= 0.6 is 0 Å². The first-order valence-electron chi connectivity index (χ1n) is 9.28. The van der Waals surface area contributed by atoms with Crippen LogP contribution in [-0.2, 0) is 0 Å². The molecular weight excluding hydrogens is 366 g/mol. The zero-order chi connectivity index (χ0) is 20.1. The molecule has 152 valence electrons. The molecule has 5 nitrogen and oxygen atoms in total. The maximum atomic E-state index is 14.8. The van der Waals surface area contributed by atoms with Gasteiger partial charge in [0.2, 0.25) is 0 Å². The topological polar surface area (TPSA) is 43.0 Å². The molecule has 0 amide bonds. The van der Waals surface area contributed by atoms with Crippen molar-refractivity contribution < 1.29 is 23.0 Å². The molecule has 0 radical (unpaired) electrons. The predicted molar refractivity (Wildman–Crippen MR) is 103 cm³/mol. The molecule has 28 heavy (non-hydrogen) atoms. The smallest absolute Gasteiger partial charge is 0.164 e. The highest BCUT2D eigenvalue weighted by Gasteiger charge is 2.30. The lowest BCUT2D eigenvalue weighted by Crippen LogP contribution is -2.33. The van der Waals surface area contributed by atoms with Crippen molar-refractivity contribution in [2.45, 2.75) is 12.5 Å². The highest BCUT2D eigenvalue weighted by Crippen LogP contribution is 2.42. The molecule has 0 saturated carbocycles. The van der Waals surface area contributed by atoms with Gasteiger partial charge in [-0.1, -0.05) is 6.07 Å². The zero-order valence-corrected chi connectivity index (χ0v) is 16.4. The first-order valence-corrected chi connectivity index (χ1v) is 9.28. The summed E-state index contributed by atoms with van der Waals surface area (Å²) in [4.78, 5) is 2.18. The Bertz CT molecular complexity index is 808. The van der Waals surface area contributed by atoms with Gasteiger partial charge in [-0.25, -0.2) is 8.78 Å². The van der Waals surface area contributed by atoms with E-state index in [9.17, 15) is 8.78 Å². The molecule has 1 saturated heterocycles. The normalized spacial score (nSPS) is 16.3. The first-order chi connectivity index (χ1) is 13.6. The van der Waals surface area contributed by atoms with Gasteiger partial charge in [-0.2, -0.15) is 0 Å². The number of rotatable bonds is 6. The summed E-state index contributed by atoms with van der Waals surface area (Å²) in [5.41, 5.74) is 1.14. The van der Waals surface area contributed by atoms with Crippen LogP contribution in [0.1, 0.15) is 23.6 Å². The van der Waals surface area contributed by atoms with Gasteiger partial charge in [0, 0.05) is 42.9 Å². The molecule has 1 heterocycles. The van der Waals surface area contributed by atoms with Crippen molar-refractivity contribution in [3.8, 4) is 17.2 Å². The van der Waals surface area contributed by atoms with Gasteiger partial charge in [-0.15, -0.1) is 0 Å². The van der Waals surface area contributed by atoms with Crippen LogP contribution in [0.15, 0.2) is 30.3 Å². The molecule has 0 aromatic heterocycles. The number of hydrogen-bond acceptors (Lipinski definition) is 5. The molecule has 2 aromatic rings. The van der Waals surface area contributed by atoms with Crippen molar-refractivity contribution >= 4 is 0 Å². The third-order valence-electron chi connectivity index (χ3n) is 5.03. The number of methoxy groups -OCH3 is 3. The lowest BCUT2D eigenvalue weighted by Gasteiger charge is -2.32. The lowest BCUT2D eigenvalue weighted by molar-refractivity contribution is 0.231. The fraction of sp³-hybridized carbons (Fsp3) is 0.429. The van der Waals surface area contributed by atoms with Gasteiger partial charge in [0.15, 0.2) is 11.5 Å². The molecule has 0 bridgehead atoms. The first kappa shape index (κ1) is 20.4. The second-order valence-electron chi connectivity index (χ2n) is 6.66. The Labute approximate surface area is 164 Å². The van der Waals surface area contributed by atoms with Crippen molar-refractivity contribution in [3.63, 3.8) is 0 Å². The minimum absolute atomic E-state index is 0.397. The van der Waals surface area contributed by atoms with E-state index in [0.717, 1.165) is 44.2 Å². The number of benzene rings is 2. The van der Waals surface area contributed by atoms with E-state index in [4.69, 9.17) is 14.2 Å². The molecule has 0 spiro atoms. The van der Waals surface area contributed by atoms with E-state index in [0.29, 0.717) is 22.8 Å². The summed E-state index contributed by atoms with van der Waals surface area (Å²) in [6.45, 7) is 3.18. The average molecular weight is 392 g/mol. The standard InChI is InChI=1S/C21H26F2N2O3/c1-26-18-13-20(28-3)19(27-2)12-16(18)21(25-9-4-7-24-8-10-25)15-6-5-14(22)11-17(15)23/h5-6,11-13,21,24H,4,7-10H2,1-3H3. The van der Waals surface area contributed by atoms with Crippen LogP contribution in [0.4, 0.5) is 8.78 Å². The summed E-state index contributed by atoms with van der Waals surface area (Å²) in [6.07, 6.45) is 0.926. The number of hydrogen-bond donors (Lipinski definition) is 1. The highest BCUT2D eigenvalue weighted by molar-refractivity contribution is 5.54. The van der Waals surface area contributed by atoms with Crippen molar-refractivity contribution in [2.24, 2.45) is 0 Å². The molecule has 1 aliphatic rings. The molecule has 7 heteroatoms. The fourth-order valence-corrected chi connectivity index (χ4v) is 3.68. The zero-order valence-electron chi connectivity index (χ0n) is 16.4. The Balaban J connectivity index is 2.18. The molecule has 1 aliphatic heterocycles. The van der Waals surface area contributed by atoms with E-state index in [-0.39, 0.29) is 0 Å². The van der Waals surface area contributed by atoms with Crippen LogP contribution in [0.5, 0.6) is 17.2 Å². The van der Waals surface area contributed by atoms with Crippen LogP contribution in [0.3, 0.4) is 0 Å². The van der Waals surface area contributed by atoms with Gasteiger partial charge >= 0.3 is 0 Å². The molecule has 1 unspecified atom stereocenters. The third kappa shape index (κ3) is 4.20. The Kier molecular flexibility index (Phi) is 6.70. The van der Waals surface area contributed by atoms with E-state index in [1.165, 1.54) is 12.1 Å². The molecular formula is C21H26F2N2O3. The van der Waals surface area contributed by atoms with E-state index < -0.39 is 17.7 Å². The number of nitrogens with zero attached hydrogens (tertiary/aromatic N) is 1. The molecule has 1 fully saturated rings. The van der Waals surface area contributed by atoms with Crippen LogP contribution in [0.2, 0.25) is 0 Å². The Morgan fingerprint density at radius 3 is 2.25 bits per heavy atom. The monoisotopic (exact) mass is 392 g/mol. The maximum absolute atomic E-state index is 14.8. The molecule has 2 aromatic carbocycles. The Morgan fingerprint density at radius 1 is 0.857 bits per heavy atom. The van der Waals surface area contributed by atoms with Gasteiger partial charge < -0.3 is 19.5 Å². The summed E-state index contributed by atoms with van der Waals surface area (Å²) in [5.74, 6) is 0.428. The minimum Gasteiger partial charge on any atom is -0.496 e. The van der Waals surface area contributed by atoms with Crippen LogP contribution < -0.4 is 19.5 Å². The van der Waals surface area contributed by atoms with E-state index in [1.807, 2.05) is 6.07 Å². The predicted octanol–water partition coefficient (Wildman–Crippen LogP) is 3.38.